The van der Waals surface area contributed by atoms with E-state index < -0.39 is 6.04 Å². The maximum Gasteiger partial charge on any atom is 0.290 e. The van der Waals surface area contributed by atoms with Crippen LogP contribution in [0.3, 0.4) is 0 Å². The van der Waals surface area contributed by atoms with Gasteiger partial charge in [-0.25, -0.2) is 4.39 Å². The van der Waals surface area contributed by atoms with Gasteiger partial charge in [-0.2, -0.15) is 0 Å². The number of aryl methyl sites for hydroxylation is 2. The number of carbonyl (C=O) groups excluding carboxylic acids is 1. The smallest absolute Gasteiger partial charge is 0.290 e. The van der Waals surface area contributed by atoms with Crippen LogP contribution >= 0.6 is 0 Å². The summed E-state index contributed by atoms with van der Waals surface area (Å²) in [7, 11) is 1.60. The van der Waals surface area contributed by atoms with Crippen molar-refractivity contribution >= 4 is 16.9 Å². The van der Waals surface area contributed by atoms with Crippen LogP contribution in [0.1, 0.15) is 45.3 Å². The Morgan fingerprint density at radius 3 is 2.48 bits per heavy atom. The lowest BCUT2D eigenvalue weighted by Crippen LogP contribution is -2.31. The Hall–Kier alpha value is -2.99. The molecule has 1 aliphatic rings. The summed E-state index contributed by atoms with van der Waals surface area (Å²) >= 11 is 0. The fraction of sp³-hybridized carbons (Fsp3) is 0.304. The number of hydrogen-bond acceptors (Lipinski definition) is 4. The standard InChI is InChI=1S/C23H22FNO4/c1-13-11-17-18(12-14(13)2)29-22-19(21(17)26)20(15-5-7-16(24)8-6-15)25(23(22)27)9-4-10-28-3/h5-8,11-12,20H,4,9-10H2,1-3H3. The van der Waals surface area contributed by atoms with Crippen molar-refractivity contribution in [3.05, 3.63) is 80.5 Å². The second-order valence-electron chi connectivity index (χ2n) is 7.41. The summed E-state index contributed by atoms with van der Waals surface area (Å²) in [4.78, 5) is 28.2. The lowest BCUT2D eigenvalue weighted by molar-refractivity contribution is 0.0708. The first-order valence-corrected chi connectivity index (χ1v) is 9.55. The normalized spacial score (nSPS) is 15.9. The van der Waals surface area contributed by atoms with Gasteiger partial charge in [0.05, 0.1) is 17.0 Å². The Labute approximate surface area is 167 Å². The predicted octanol–water partition coefficient (Wildman–Crippen LogP) is 4.13. The number of ether oxygens (including phenoxy) is 1. The average molecular weight is 395 g/mol. The molecule has 6 heteroatoms. The molecule has 2 aromatic carbocycles. The number of nitrogens with zero attached hydrogens (tertiary/aromatic N) is 1. The quantitative estimate of drug-likeness (QED) is 0.610. The summed E-state index contributed by atoms with van der Waals surface area (Å²) in [5, 5.41) is 0.450. The second kappa shape index (κ2) is 7.44. The number of methoxy groups -OCH3 is 1. The minimum atomic E-state index is -0.614. The van der Waals surface area contributed by atoms with Crippen LogP contribution in [-0.4, -0.2) is 31.1 Å². The molecule has 1 unspecified atom stereocenters. The molecular formula is C23H22FNO4. The fourth-order valence-corrected chi connectivity index (χ4v) is 3.88. The van der Waals surface area contributed by atoms with Crippen LogP contribution < -0.4 is 5.43 Å². The van der Waals surface area contributed by atoms with Gasteiger partial charge in [-0.1, -0.05) is 12.1 Å². The molecule has 5 nitrogen and oxygen atoms in total. The van der Waals surface area contributed by atoms with Gasteiger partial charge in [-0.05, 0) is 61.2 Å². The van der Waals surface area contributed by atoms with E-state index in [1.54, 1.807) is 36.3 Å². The van der Waals surface area contributed by atoms with Gasteiger partial charge in [-0.3, -0.25) is 9.59 Å². The van der Waals surface area contributed by atoms with Crippen molar-refractivity contribution in [1.29, 1.82) is 0 Å². The van der Waals surface area contributed by atoms with Gasteiger partial charge < -0.3 is 14.1 Å². The van der Waals surface area contributed by atoms with E-state index in [2.05, 4.69) is 0 Å². The number of amides is 1. The predicted molar refractivity (Wildman–Crippen MR) is 108 cm³/mol. The Morgan fingerprint density at radius 2 is 1.79 bits per heavy atom. The van der Waals surface area contributed by atoms with Crippen LogP contribution in [0.2, 0.25) is 0 Å². The van der Waals surface area contributed by atoms with Crippen LogP contribution in [0.25, 0.3) is 11.0 Å². The van der Waals surface area contributed by atoms with Gasteiger partial charge in [0, 0.05) is 20.3 Å². The number of rotatable bonds is 5. The van der Waals surface area contributed by atoms with E-state index in [9.17, 15) is 14.0 Å². The molecule has 0 fully saturated rings. The summed E-state index contributed by atoms with van der Waals surface area (Å²) in [5.74, 6) is -0.638. The van der Waals surface area contributed by atoms with Crippen molar-refractivity contribution in [3.63, 3.8) is 0 Å². The van der Waals surface area contributed by atoms with Gasteiger partial charge >= 0.3 is 0 Å². The molecular weight excluding hydrogens is 373 g/mol. The monoisotopic (exact) mass is 395 g/mol. The van der Waals surface area contributed by atoms with Crippen molar-refractivity contribution < 1.29 is 18.3 Å². The topological polar surface area (TPSA) is 59.8 Å². The third kappa shape index (κ3) is 3.23. The molecule has 0 radical (unpaired) electrons. The van der Waals surface area contributed by atoms with Crippen molar-refractivity contribution in [2.45, 2.75) is 26.3 Å². The summed E-state index contributed by atoms with van der Waals surface area (Å²) < 4.78 is 24.5. The molecule has 1 amide bonds. The van der Waals surface area contributed by atoms with Gasteiger partial charge in [0.15, 0.2) is 5.43 Å². The number of benzene rings is 2. The third-order valence-corrected chi connectivity index (χ3v) is 5.52. The third-order valence-electron chi connectivity index (χ3n) is 5.52. The van der Waals surface area contributed by atoms with E-state index >= 15 is 0 Å². The zero-order chi connectivity index (χ0) is 20.7. The second-order valence-corrected chi connectivity index (χ2v) is 7.41. The van der Waals surface area contributed by atoms with Gasteiger partial charge in [0.25, 0.3) is 5.91 Å². The Bertz CT molecular complexity index is 1150. The van der Waals surface area contributed by atoms with Crippen LogP contribution in [0.15, 0.2) is 45.6 Å². The molecule has 29 heavy (non-hydrogen) atoms. The van der Waals surface area contributed by atoms with Crippen LogP contribution in [0.4, 0.5) is 4.39 Å². The molecule has 0 saturated heterocycles. The van der Waals surface area contributed by atoms with Gasteiger partial charge in [0.2, 0.25) is 5.76 Å². The first-order valence-electron chi connectivity index (χ1n) is 9.55. The van der Waals surface area contributed by atoms with Gasteiger partial charge in [-0.15, -0.1) is 0 Å². The van der Waals surface area contributed by atoms with Crippen molar-refractivity contribution in [2.75, 3.05) is 20.3 Å². The van der Waals surface area contributed by atoms with E-state index in [0.717, 1.165) is 11.1 Å². The van der Waals surface area contributed by atoms with Crippen LogP contribution in [0, 0.1) is 19.7 Å². The van der Waals surface area contributed by atoms with E-state index in [-0.39, 0.29) is 22.9 Å². The lowest BCUT2D eigenvalue weighted by Gasteiger charge is -2.25. The highest BCUT2D eigenvalue weighted by atomic mass is 19.1. The molecule has 1 aliphatic heterocycles. The van der Waals surface area contributed by atoms with Crippen molar-refractivity contribution in [3.8, 4) is 0 Å². The van der Waals surface area contributed by atoms with Gasteiger partial charge in [0.1, 0.15) is 11.4 Å². The summed E-state index contributed by atoms with van der Waals surface area (Å²) in [6.45, 7) is 4.74. The number of halogens is 1. The maximum absolute atomic E-state index is 13.5. The number of fused-ring (bicyclic) bond motifs is 2. The largest absolute Gasteiger partial charge is 0.450 e. The molecule has 3 aromatic rings. The molecule has 1 atom stereocenters. The molecule has 150 valence electrons. The highest BCUT2D eigenvalue weighted by molar-refractivity contribution is 5.99. The summed E-state index contributed by atoms with van der Waals surface area (Å²) in [5.41, 5.74) is 3.13. The molecule has 0 saturated carbocycles. The minimum Gasteiger partial charge on any atom is -0.450 e. The molecule has 1 aromatic heterocycles. The van der Waals surface area contributed by atoms with E-state index in [1.165, 1.54) is 12.1 Å². The number of carbonyl (C=O) groups is 1. The highest BCUT2D eigenvalue weighted by Gasteiger charge is 2.42. The Balaban J connectivity index is 1.93. The van der Waals surface area contributed by atoms with Crippen LogP contribution in [-0.2, 0) is 4.74 Å². The molecule has 0 N–H and O–H groups in total. The first-order chi connectivity index (χ1) is 13.9. The van der Waals surface area contributed by atoms with E-state index in [4.69, 9.17) is 9.15 Å². The van der Waals surface area contributed by atoms with E-state index in [0.29, 0.717) is 41.7 Å². The maximum atomic E-state index is 13.5. The zero-order valence-corrected chi connectivity index (χ0v) is 16.6. The molecule has 0 aliphatic carbocycles. The highest BCUT2D eigenvalue weighted by Crippen LogP contribution is 2.38. The van der Waals surface area contributed by atoms with Crippen molar-refractivity contribution in [2.24, 2.45) is 0 Å². The zero-order valence-electron chi connectivity index (χ0n) is 16.6. The van der Waals surface area contributed by atoms with E-state index in [1.807, 2.05) is 13.8 Å². The SMILES string of the molecule is COCCCN1C(=O)c2oc3cc(C)c(C)cc3c(=O)c2C1c1ccc(F)cc1. The molecule has 2 heterocycles. The molecule has 0 spiro atoms. The van der Waals surface area contributed by atoms with Crippen molar-refractivity contribution in [1.82, 2.24) is 4.90 Å². The lowest BCUT2D eigenvalue weighted by atomic mass is 9.97. The first kappa shape index (κ1) is 19.3. The summed E-state index contributed by atoms with van der Waals surface area (Å²) in [6.07, 6.45) is 0.611. The Morgan fingerprint density at radius 1 is 1.10 bits per heavy atom. The molecule has 0 bridgehead atoms. The van der Waals surface area contributed by atoms with Crippen LogP contribution in [0.5, 0.6) is 0 Å². The molecule has 4 rings (SSSR count). The minimum absolute atomic E-state index is 0.0671. The number of hydrogen-bond donors (Lipinski definition) is 0. The average Bonchev–Trinajstić information content (AvgIpc) is 2.97. The Kier molecular flexibility index (Phi) is 4.96. The fourth-order valence-electron chi connectivity index (χ4n) is 3.88. The summed E-state index contributed by atoms with van der Waals surface area (Å²) in [6, 6.07) is 8.86.